The van der Waals surface area contributed by atoms with Crippen molar-refractivity contribution in [1.29, 1.82) is 0 Å². The molecule has 0 radical (unpaired) electrons. The smallest absolute Gasteiger partial charge is 0.323 e. The molecule has 0 aliphatic rings. The lowest BCUT2D eigenvalue weighted by atomic mass is 9.98. The molecule has 4 aromatic rings. The van der Waals surface area contributed by atoms with E-state index in [9.17, 15) is 29.1 Å². The second kappa shape index (κ2) is 17.1. The monoisotopic (exact) mass is 668 g/mol. The van der Waals surface area contributed by atoms with Crippen molar-refractivity contribution in [2.75, 3.05) is 29.9 Å². The second-order valence-electron chi connectivity index (χ2n) is 11.3. The van der Waals surface area contributed by atoms with E-state index >= 15 is 0 Å². The SMILES string of the molecule is CC(=O)NC(CCCN=C(N)N)C(=O)c1ccccc1NCC(=O)NC(Cc1c[nH]c2ccccc12)C(=O)N(CC(=O)O)c1ccccc1. The average Bonchev–Trinajstić information content (AvgIpc) is 3.49. The zero-order chi connectivity index (χ0) is 35.3. The highest BCUT2D eigenvalue weighted by Gasteiger charge is 2.30. The minimum Gasteiger partial charge on any atom is -0.480 e. The van der Waals surface area contributed by atoms with Crippen molar-refractivity contribution in [3.8, 4) is 0 Å². The number of ketones is 1. The molecule has 3 aromatic carbocycles. The first-order chi connectivity index (χ1) is 23.5. The third-order valence-electron chi connectivity index (χ3n) is 7.63. The first kappa shape index (κ1) is 35.7. The molecule has 2 atom stereocenters. The van der Waals surface area contributed by atoms with E-state index in [0.717, 1.165) is 21.4 Å². The van der Waals surface area contributed by atoms with Crippen molar-refractivity contribution < 1.29 is 29.1 Å². The summed E-state index contributed by atoms with van der Waals surface area (Å²) in [6.07, 6.45) is 2.53. The van der Waals surface area contributed by atoms with Gasteiger partial charge < -0.3 is 37.5 Å². The predicted octanol–water partition coefficient (Wildman–Crippen LogP) is 2.17. The Hall–Kier alpha value is -6.18. The Kier molecular flexibility index (Phi) is 12.5. The molecule has 0 saturated carbocycles. The number of H-pyrrole nitrogens is 1. The number of carbonyl (C=O) groups excluding carboxylic acids is 4. The number of hydrogen-bond acceptors (Lipinski definition) is 7. The summed E-state index contributed by atoms with van der Waals surface area (Å²) < 4.78 is 0. The zero-order valence-electron chi connectivity index (χ0n) is 27.0. The van der Waals surface area contributed by atoms with Crippen LogP contribution < -0.4 is 32.3 Å². The Bertz CT molecular complexity index is 1820. The third-order valence-corrected chi connectivity index (χ3v) is 7.63. The largest absolute Gasteiger partial charge is 0.480 e. The number of rotatable bonds is 17. The van der Waals surface area contributed by atoms with Gasteiger partial charge in [0.2, 0.25) is 17.7 Å². The van der Waals surface area contributed by atoms with Crippen LogP contribution in [0.1, 0.15) is 35.7 Å². The number of nitrogens with two attached hydrogens (primary N) is 2. The maximum absolute atomic E-state index is 14.0. The Morgan fingerprint density at radius 3 is 2.31 bits per heavy atom. The molecule has 1 heterocycles. The van der Waals surface area contributed by atoms with Gasteiger partial charge >= 0.3 is 5.97 Å². The fourth-order valence-electron chi connectivity index (χ4n) is 5.43. The van der Waals surface area contributed by atoms with E-state index in [2.05, 4.69) is 25.9 Å². The van der Waals surface area contributed by atoms with Gasteiger partial charge in [-0.05, 0) is 48.7 Å². The Morgan fingerprint density at radius 2 is 1.59 bits per heavy atom. The van der Waals surface area contributed by atoms with Crippen molar-refractivity contribution in [1.82, 2.24) is 15.6 Å². The molecule has 14 nitrogen and oxygen atoms in total. The number of aromatic amines is 1. The lowest BCUT2D eigenvalue weighted by Gasteiger charge is -2.27. The second-order valence-corrected chi connectivity index (χ2v) is 11.3. The molecule has 0 saturated heterocycles. The molecule has 256 valence electrons. The van der Waals surface area contributed by atoms with E-state index < -0.39 is 36.4 Å². The van der Waals surface area contributed by atoms with Crippen molar-refractivity contribution >= 4 is 57.7 Å². The van der Waals surface area contributed by atoms with E-state index in [1.165, 1.54) is 6.92 Å². The Morgan fingerprint density at radius 1 is 0.898 bits per heavy atom. The first-order valence-corrected chi connectivity index (χ1v) is 15.7. The van der Waals surface area contributed by atoms with Gasteiger partial charge in [-0.3, -0.25) is 33.9 Å². The molecule has 1 aromatic heterocycles. The van der Waals surface area contributed by atoms with E-state index in [1.54, 1.807) is 60.8 Å². The molecule has 49 heavy (non-hydrogen) atoms. The van der Waals surface area contributed by atoms with Crippen LogP contribution in [0, 0.1) is 0 Å². The van der Waals surface area contributed by atoms with E-state index in [-0.39, 0.29) is 49.1 Å². The number of carbonyl (C=O) groups is 5. The minimum atomic E-state index is -1.22. The lowest BCUT2D eigenvalue weighted by molar-refractivity contribution is -0.137. The summed E-state index contributed by atoms with van der Waals surface area (Å²) in [5.74, 6) is -3.23. The molecular formula is C35H40N8O6. The molecule has 0 spiro atoms. The first-order valence-electron chi connectivity index (χ1n) is 15.7. The highest BCUT2D eigenvalue weighted by atomic mass is 16.4. The van der Waals surface area contributed by atoms with Gasteiger partial charge in [0, 0.05) is 53.9 Å². The summed E-state index contributed by atoms with van der Waals surface area (Å²) in [6.45, 7) is 0.659. The summed E-state index contributed by atoms with van der Waals surface area (Å²) in [5.41, 5.74) is 13.3. The molecule has 0 bridgehead atoms. The molecule has 3 amide bonds. The van der Waals surface area contributed by atoms with Gasteiger partial charge in [-0.1, -0.05) is 48.5 Å². The van der Waals surface area contributed by atoms with Crippen LogP contribution in [-0.4, -0.2) is 77.2 Å². The summed E-state index contributed by atoms with van der Waals surface area (Å²) in [4.78, 5) is 73.0. The van der Waals surface area contributed by atoms with Crippen LogP contribution in [0.2, 0.25) is 0 Å². The van der Waals surface area contributed by atoms with Gasteiger partial charge in [-0.15, -0.1) is 0 Å². The number of carboxylic acid groups (broad SMARTS) is 1. The number of benzene rings is 3. The topological polar surface area (TPSA) is 225 Å². The normalized spacial score (nSPS) is 11.9. The number of amides is 3. The zero-order valence-corrected chi connectivity index (χ0v) is 27.0. The van der Waals surface area contributed by atoms with Gasteiger partial charge in [0.25, 0.3) is 0 Å². The molecule has 0 aliphatic heterocycles. The van der Waals surface area contributed by atoms with Crippen LogP contribution in [0.3, 0.4) is 0 Å². The molecular weight excluding hydrogens is 628 g/mol. The summed E-state index contributed by atoms with van der Waals surface area (Å²) in [5, 5.41) is 18.9. The number of aliphatic imine (C=N–C) groups is 1. The molecule has 0 fully saturated rings. The predicted molar refractivity (Wildman–Crippen MR) is 187 cm³/mol. The summed E-state index contributed by atoms with van der Waals surface area (Å²) in [6, 6.07) is 20.4. The number of hydrogen-bond donors (Lipinski definition) is 7. The van der Waals surface area contributed by atoms with Crippen molar-refractivity contribution in [3.63, 3.8) is 0 Å². The quantitative estimate of drug-likeness (QED) is 0.0378. The van der Waals surface area contributed by atoms with Crippen LogP contribution in [0.25, 0.3) is 10.9 Å². The highest BCUT2D eigenvalue weighted by Crippen LogP contribution is 2.22. The third kappa shape index (κ3) is 10.2. The molecule has 9 N–H and O–H groups in total. The molecule has 0 aliphatic carbocycles. The number of fused-ring (bicyclic) bond motifs is 1. The fraction of sp³-hybridized carbons (Fsp3) is 0.257. The standard InChI is InChI=1S/C35H40N8O6/c1-22(44)41-29(16-9-17-38-35(36)37)33(48)26-13-6-8-15-28(26)40-20-31(45)42-30(18-23-19-39-27-14-7-5-12-25(23)27)34(49)43(21-32(46)47)24-10-3-2-4-11-24/h2-8,10-15,19,29-30,39-40H,9,16-18,20-21H2,1H3,(H,41,44)(H,42,45)(H,46,47)(H4,36,37,38). The maximum atomic E-state index is 14.0. The number of guanidine groups is 1. The number of para-hydroxylation sites is 3. The molecule has 14 heteroatoms. The van der Waals surface area contributed by atoms with Crippen molar-refractivity contribution in [2.24, 2.45) is 16.5 Å². The average molecular weight is 669 g/mol. The van der Waals surface area contributed by atoms with Gasteiger partial charge in [-0.2, -0.15) is 0 Å². The van der Waals surface area contributed by atoms with Crippen LogP contribution >= 0.6 is 0 Å². The Labute approximate surface area is 282 Å². The summed E-state index contributed by atoms with van der Waals surface area (Å²) in [7, 11) is 0. The van der Waals surface area contributed by atoms with Crippen LogP contribution in [-0.2, 0) is 25.6 Å². The van der Waals surface area contributed by atoms with E-state index in [0.29, 0.717) is 17.8 Å². The number of anilines is 2. The van der Waals surface area contributed by atoms with Crippen LogP contribution in [0.4, 0.5) is 11.4 Å². The number of Topliss-reactive ketones (excluding diaryl/α,β-unsaturated/α-hetero) is 1. The number of nitrogens with zero attached hydrogens (tertiary/aromatic N) is 2. The number of carboxylic acids is 1. The number of aromatic nitrogens is 1. The Balaban J connectivity index is 1.54. The lowest BCUT2D eigenvalue weighted by Crippen LogP contribution is -2.52. The van der Waals surface area contributed by atoms with Gasteiger partial charge in [0.05, 0.1) is 12.6 Å². The van der Waals surface area contributed by atoms with Crippen LogP contribution in [0.15, 0.2) is 90.1 Å². The van der Waals surface area contributed by atoms with Crippen molar-refractivity contribution in [3.05, 3.63) is 96.2 Å². The molecule has 2 unspecified atom stereocenters. The van der Waals surface area contributed by atoms with E-state index in [1.807, 2.05) is 24.3 Å². The minimum absolute atomic E-state index is 0.0738. The summed E-state index contributed by atoms with van der Waals surface area (Å²) >= 11 is 0. The van der Waals surface area contributed by atoms with Gasteiger partial charge in [0.15, 0.2) is 11.7 Å². The van der Waals surface area contributed by atoms with E-state index in [4.69, 9.17) is 11.5 Å². The molecule has 4 rings (SSSR count). The van der Waals surface area contributed by atoms with Gasteiger partial charge in [-0.25, -0.2) is 0 Å². The van der Waals surface area contributed by atoms with Gasteiger partial charge in [0.1, 0.15) is 12.6 Å². The number of nitrogens with one attached hydrogen (secondary N) is 4. The van der Waals surface area contributed by atoms with Crippen LogP contribution in [0.5, 0.6) is 0 Å². The highest BCUT2D eigenvalue weighted by molar-refractivity contribution is 6.06. The fourth-order valence-corrected chi connectivity index (χ4v) is 5.43. The number of aliphatic carboxylic acids is 1. The maximum Gasteiger partial charge on any atom is 0.323 e. The van der Waals surface area contributed by atoms with Crippen molar-refractivity contribution in [2.45, 2.75) is 38.3 Å².